The molecule has 1 aromatic carbocycles. The molecule has 1 aromatic heterocycles. The van der Waals surface area contributed by atoms with E-state index >= 15 is 0 Å². The first-order valence-corrected chi connectivity index (χ1v) is 6.87. The van der Waals surface area contributed by atoms with Crippen molar-refractivity contribution in [3.8, 4) is 17.0 Å². The van der Waals surface area contributed by atoms with Gasteiger partial charge in [0.25, 0.3) is 0 Å². The Balaban J connectivity index is 2.50. The quantitative estimate of drug-likeness (QED) is 0.902. The molecule has 1 N–H and O–H groups in total. The van der Waals surface area contributed by atoms with Crippen LogP contribution in [0.2, 0.25) is 0 Å². The number of anilines is 1. The van der Waals surface area contributed by atoms with Crippen LogP contribution in [-0.4, -0.2) is 23.6 Å². The van der Waals surface area contributed by atoms with Crippen LogP contribution in [0.5, 0.6) is 5.75 Å². The van der Waals surface area contributed by atoms with Gasteiger partial charge in [-0.25, -0.2) is 9.97 Å². The average Bonchev–Trinajstić information content (AvgIpc) is 2.43. The topological polar surface area (TPSA) is 47.0 Å². The SMILES string of the molecule is CCCNc1ncnc(-c2cc(C)cc(C)c2)c1OC. The van der Waals surface area contributed by atoms with Gasteiger partial charge in [-0.2, -0.15) is 0 Å². The van der Waals surface area contributed by atoms with Crippen LogP contribution in [0.1, 0.15) is 24.5 Å². The first-order chi connectivity index (χ1) is 9.65. The van der Waals surface area contributed by atoms with E-state index in [-0.39, 0.29) is 0 Å². The number of methoxy groups -OCH3 is 1. The zero-order valence-corrected chi connectivity index (χ0v) is 12.5. The summed E-state index contributed by atoms with van der Waals surface area (Å²) in [7, 11) is 1.65. The predicted molar refractivity (Wildman–Crippen MR) is 82.3 cm³/mol. The van der Waals surface area contributed by atoms with Crippen molar-refractivity contribution in [1.82, 2.24) is 9.97 Å². The van der Waals surface area contributed by atoms with Crippen LogP contribution >= 0.6 is 0 Å². The van der Waals surface area contributed by atoms with Gasteiger partial charge < -0.3 is 10.1 Å². The highest BCUT2D eigenvalue weighted by molar-refractivity contribution is 5.73. The fourth-order valence-electron chi connectivity index (χ4n) is 2.25. The zero-order valence-electron chi connectivity index (χ0n) is 12.5. The van der Waals surface area contributed by atoms with E-state index in [9.17, 15) is 0 Å². The van der Waals surface area contributed by atoms with Gasteiger partial charge in [-0.15, -0.1) is 0 Å². The van der Waals surface area contributed by atoms with Gasteiger partial charge in [0.2, 0.25) is 0 Å². The Bertz CT molecular complexity index is 576. The molecule has 4 nitrogen and oxygen atoms in total. The van der Waals surface area contributed by atoms with E-state index in [1.165, 1.54) is 11.1 Å². The van der Waals surface area contributed by atoms with Crippen molar-refractivity contribution in [1.29, 1.82) is 0 Å². The van der Waals surface area contributed by atoms with Gasteiger partial charge in [0.15, 0.2) is 11.6 Å². The molecule has 0 saturated heterocycles. The molecule has 106 valence electrons. The number of aryl methyl sites for hydroxylation is 2. The number of nitrogens with zero attached hydrogens (tertiary/aromatic N) is 2. The summed E-state index contributed by atoms with van der Waals surface area (Å²) < 4.78 is 5.52. The van der Waals surface area contributed by atoms with Gasteiger partial charge >= 0.3 is 0 Å². The predicted octanol–water partition coefficient (Wildman–Crippen LogP) is 3.59. The van der Waals surface area contributed by atoms with Crippen LogP contribution in [-0.2, 0) is 0 Å². The Morgan fingerprint density at radius 2 is 1.80 bits per heavy atom. The smallest absolute Gasteiger partial charge is 0.187 e. The maximum atomic E-state index is 5.52. The largest absolute Gasteiger partial charge is 0.491 e. The molecule has 20 heavy (non-hydrogen) atoms. The van der Waals surface area contributed by atoms with Crippen molar-refractivity contribution < 1.29 is 4.74 Å². The third kappa shape index (κ3) is 3.07. The van der Waals surface area contributed by atoms with Crippen LogP contribution in [0.15, 0.2) is 24.5 Å². The Morgan fingerprint density at radius 1 is 1.10 bits per heavy atom. The highest BCUT2D eigenvalue weighted by atomic mass is 16.5. The third-order valence-electron chi connectivity index (χ3n) is 3.05. The van der Waals surface area contributed by atoms with Gasteiger partial charge in [-0.3, -0.25) is 0 Å². The Labute approximate surface area is 120 Å². The van der Waals surface area contributed by atoms with Crippen LogP contribution in [0.4, 0.5) is 5.82 Å². The molecule has 0 amide bonds. The molecule has 1 heterocycles. The number of aromatic nitrogens is 2. The fraction of sp³-hybridized carbons (Fsp3) is 0.375. The molecule has 0 fully saturated rings. The third-order valence-corrected chi connectivity index (χ3v) is 3.05. The van der Waals surface area contributed by atoms with Crippen molar-refractivity contribution in [2.24, 2.45) is 0 Å². The van der Waals surface area contributed by atoms with Crippen LogP contribution in [0.25, 0.3) is 11.3 Å². The van der Waals surface area contributed by atoms with Gasteiger partial charge in [0.1, 0.15) is 12.0 Å². The summed E-state index contributed by atoms with van der Waals surface area (Å²) in [5.41, 5.74) is 4.31. The number of rotatable bonds is 5. The lowest BCUT2D eigenvalue weighted by Gasteiger charge is -2.13. The fourth-order valence-corrected chi connectivity index (χ4v) is 2.25. The summed E-state index contributed by atoms with van der Waals surface area (Å²) in [4.78, 5) is 8.67. The second-order valence-corrected chi connectivity index (χ2v) is 4.91. The van der Waals surface area contributed by atoms with Crippen molar-refractivity contribution in [2.45, 2.75) is 27.2 Å². The molecule has 0 aliphatic heterocycles. The van der Waals surface area contributed by atoms with E-state index < -0.39 is 0 Å². The molecule has 2 aromatic rings. The maximum absolute atomic E-state index is 5.52. The number of benzene rings is 1. The second-order valence-electron chi connectivity index (χ2n) is 4.91. The van der Waals surface area contributed by atoms with Crippen LogP contribution in [0, 0.1) is 13.8 Å². The number of ether oxygens (including phenoxy) is 1. The van der Waals surface area contributed by atoms with Crippen molar-refractivity contribution in [3.05, 3.63) is 35.7 Å². The molecular weight excluding hydrogens is 250 g/mol. The summed E-state index contributed by atoms with van der Waals surface area (Å²) >= 11 is 0. The van der Waals surface area contributed by atoms with E-state index in [1.54, 1.807) is 13.4 Å². The molecule has 0 bridgehead atoms. The van der Waals surface area contributed by atoms with E-state index in [0.29, 0.717) is 5.75 Å². The second kappa shape index (κ2) is 6.37. The maximum Gasteiger partial charge on any atom is 0.187 e. The highest BCUT2D eigenvalue weighted by Gasteiger charge is 2.14. The zero-order chi connectivity index (χ0) is 14.5. The Morgan fingerprint density at radius 3 is 2.40 bits per heavy atom. The molecule has 0 spiro atoms. The Kier molecular flexibility index (Phi) is 4.56. The lowest BCUT2D eigenvalue weighted by atomic mass is 10.0. The highest BCUT2D eigenvalue weighted by Crippen LogP contribution is 2.33. The molecule has 0 aliphatic rings. The molecule has 0 aliphatic carbocycles. The molecule has 4 heteroatoms. The van der Waals surface area contributed by atoms with Gasteiger partial charge in [0.05, 0.1) is 7.11 Å². The first-order valence-electron chi connectivity index (χ1n) is 6.87. The minimum absolute atomic E-state index is 0.700. The van der Waals surface area contributed by atoms with Crippen molar-refractivity contribution >= 4 is 5.82 Å². The average molecular weight is 271 g/mol. The lowest BCUT2D eigenvalue weighted by Crippen LogP contribution is -2.06. The van der Waals surface area contributed by atoms with Gasteiger partial charge in [-0.1, -0.05) is 24.1 Å². The van der Waals surface area contributed by atoms with Crippen LogP contribution < -0.4 is 10.1 Å². The van der Waals surface area contributed by atoms with E-state index in [0.717, 1.165) is 30.0 Å². The summed E-state index contributed by atoms with van der Waals surface area (Å²) in [5.74, 6) is 1.45. The van der Waals surface area contributed by atoms with E-state index in [1.807, 2.05) is 0 Å². The monoisotopic (exact) mass is 271 g/mol. The first kappa shape index (κ1) is 14.3. The van der Waals surface area contributed by atoms with Gasteiger partial charge in [0, 0.05) is 12.1 Å². The number of hydrogen-bond donors (Lipinski definition) is 1. The molecule has 2 rings (SSSR count). The molecule has 0 radical (unpaired) electrons. The lowest BCUT2D eigenvalue weighted by molar-refractivity contribution is 0.414. The summed E-state index contributed by atoms with van der Waals surface area (Å²) in [6, 6.07) is 6.37. The molecule has 0 unspecified atom stereocenters. The van der Waals surface area contributed by atoms with E-state index in [4.69, 9.17) is 4.74 Å². The number of nitrogens with one attached hydrogen (secondary N) is 1. The van der Waals surface area contributed by atoms with Crippen LogP contribution in [0.3, 0.4) is 0 Å². The van der Waals surface area contributed by atoms with Crippen molar-refractivity contribution in [2.75, 3.05) is 19.0 Å². The standard InChI is InChI=1S/C16H21N3O/c1-5-6-17-16-15(20-4)14(18-10-19-16)13-8-11(2)7-12(3)9-13/h7-10H,5-6H2,1-4H3,(H,17,18,19). The minimum atomic E-state index is 0.700. The normalized spacial score (nSPS) is 10.4. The number of hydrogen-bond acceptors (Lipinski definition) is 4. The molecule has 0 atom stereocenters. The molecular formula is C16H21N3O. The van der Waals surface area contributed by atoms with Gasteiger partial charge in [-0.05, 0) is 32.4 Å². The summed E-state index contributed by atoms with van der Waals surface area (Å²) in [6.07, 6.45) is 2.61. The van der Waals surface area contributed by atoms with E-state index in [2.05, 4.69) is 54.3 Å². The minimum Gasteiger partial charge on any atom is -0.491 e. The van der Waals surface area contributed by atoms with Crippen molar-refractivity contribution in [3.63, 3.8) is 0 Å². The Hall–Kier alpha value is -2.10. The summed E-state index contributed by atoms with van der Waals surface area (Å²) in [6.45, 7) is 7.14. The summed E-state index contributed by atoms with van der Waals surface area (Å²) in [5, 5.41) is 3.28. The molecule has 0 saturated carbocycles.